The summed E-state index contributed by atoms with van der Waals surface area (Å²) >= 11 is 5.91. The molecule has 1 amide bonds. The summed E-state index contributed by atoms with van der Waals surface area (Å²) in [6.45, 7) is 1.72. The number of carbonyl (C=O) groups is 1. The van der Waals surface area contributed by atoms with E-state index in [-0.39, 0.29) is 23.1 Å². The number of carbonyl (C=O) groups excluding carboxylic acids is 1. The molecule has 0 radical (unpaired) electrons. The number of halogens is 2. The lowest BCUT2D eigenvalue weighted by Crippen LogP contribution is -2.36. The van der Waals surface area contributed by atoms with Crippen molar-refractivity contribution in [2.75, 3.05) is 23.3 Å². The van der Waals surface area contributed by atoms with E-state index in [0.29, 0.717) is 5.02 Å². The summed E-state index contributed by atoms with van der Waals surface area (Å²) in [6.07, 6.45) is 4.64. The summed E-state index contributed by atoms with van der Waals surface area (Å²) < 4.78 is 13.8. The number of fused-ring (bicyclic) bond motifs is 1. The van der Waals surface area contributed by atoms with E-state index < -0.39 is 0 Å². The van der Waals surface area contributed by atoms with Gasteiger partial charge in [0.25, 0.3) is 0 Å². The van der Waals surface area contributed by atoms with Crippen LogP contribution < -0.4 is 10.2 Å². The molecule has 1 unspecified atom stereocenters. The van der Waals surface area contributed by atoms with Gasteiger partial charge in [0.15, 0.2) is 0 Å². The van der Waals surface area contributed by atoms with Gasteiger partial charge in [-0.3, -0.25) is 9.78 Å². The molecule has 1 aliphatic carbocycles. The van der Waals surface area contributed by atoms with Gasteiger partial charge in [0, 0.05) is 47.0 Å². The lowest BCUT2D eigenvalue weighted by Gasteiger charge is -2.35. The SMILES string of the molecule is O=C(Nc1ccc(Cl)cc1)C1CC12CCN(c1ccnc3ccc(F)cc13)CC2. The first-order chi connectivity index (χ1) is 14.0. The molecule has 0 bridgehead atoms. The largest absolute Gasteiger partial charge is 0.371 e. The molecule has 3 aromatic rings. The van der Waals surface area contributed by atoms with E-state index in [1.807, 2.05) is 18.2 Å². The van der Waals surface area contributed by atoms with Crippen LogP contribution in [0, 0.1) is 17.2 Å². The van der Waals surface area contributed by atoms with E-state index in [1.165, 1.54) is 6.07 Å². The Morgan fingerprint density at radius 2 is 1.90 bits per heavy atom. The molecule has 2 aromatic carbocycles. The quantitative estimate of drug-likeness (QED) is 0.640. The highest BCUT2D eigenvalue weighted by atomic mass is 35.5. The first-order valence-corrected chi connectivity index (χ1v) is 10.3. The Labute approximate surface area is 173 Å². The topological polar surface area (TPSA) is 45.2 Å². The van der Waals surface area contributed by atoms with Crippen LogP contribution in [0.3, 0.4) is 0 Å². The number of hydrogen-bond acceptors (Lipinski definition) is 3. The number of benzene rings is 2. The average Bonchev–Trinajstić information content (AvgIpc) is 3.43. The minimum Gasteiger partial charge on any atom is -0.371 e. The van der Waals surface area contributed by atoms with E-state index >= 15 is 0 Å². The van der Waals surface area contributed by atoms with Gasteiger partial charge in [0.05, 0.1) is 5.52 Å². The maximum Gasteiger partial charge on any atom is 0.228 e. The van der Waals surface area contributed by atoms with Crippen molar-refractivity contribution in [2.24, 2.45) is 11.3 Å². The highest BCUT2D eigenvalue weighted by Gasteiger charge is 2.58. The fourth-order valence-electron chi connectivity index (χ4n) is 4.61. The molecule has 29 heavy (non-hydrogen) atoms. The molecule has 1 N–H and O–H groups in total. The van der Waals surface area contributed by atoms with Crippen molar-refractivity contribution in [2.45, 2.75) is 19.3 Å². The van der Waals surface area contributed by atoms with Crippen LogP contribution in [0.5, 0.6) is 0 Å². The first-order valence-electron chi connectivity index (χ1n) is 9.90. The number of pyridine rings is 1. The monoisotopic (exact) mass is 409 g/mol. The lowest BCUT2D eigenvalue weighted by molar-refractivity contribution is -0.118. The third-order valence-electron chi connectivity index (χ3n) is 6.40. The summed E-state index contributed by atoms with van der Waals surface area (Å²) in [5, 5.41) is 4.51. The molecule has 148 valence electrons. The van der Waals surface area contributed by atoms with Crippen molar-refractivity contribution in [1.29, 1.82) is 0 Å². The van der Waals surface area contributed by atoms with Crippen molar-refractivity contribution >= 4 is 39.8 Å². The zero-order chi connectivity index (χ0) is 20.0. The molecule has 5 rings (SSSR count). The highest BCUT2D eigenvalue weighted by molar-refractivity contribution is 6.30. The van der Waals surface area contributed by atoms with Gasteiger partial charge in [0.1, 0.15) is 5.82 Å². The molecule has 1 saturated heterocycles. The molecule has 4 nitrogen and oxygen atoms in total. The normalized spacial score (nSPS) is 20.1. The third-order valence-corrected chi connectivity index (χ3v) is 6.65. The Morgan fingerprint density at radius 3 is 2.66 bits per heavy atom. The Bertz CT molecular complexity index is 1080. The molecular weight excluding hydrogens is 389 g/mol. The molecule has 1 aliphatic heterocycles. The average molecular weight is 410 g/mol. The summed E-state index contributed by atoms with van der Waals surface area (Å²) in [6, 6.07) is 13.9. The van der Waals surface area contributed by atoms with E-state index in [4.69, 9.17) is 11.6 Å². The Kier molecular flexibility index (Phi) is 4.43. The minimum absolute atomic E-state index is 0.0620. The molecule has 1 aromatic heterocycles. The van der Waals surface area contributed by atoms with Gasteiger partial charge in [-0.15, -0.1) is 0 Å². The number of amides is 1. The van der Waals surface area contributed by atoms with Gasteiger partial charge in [-0.2, -0.15) is 0 Å². The number of piperidine rings is 1. The number of hydrogen-bond donors (Lipinski definition) is 1. The van der Waals surface area contributed by atoms with Crippen LogP contribution in [0.15, 0.2) is 54.7 Å². The maximum absolute atomic E-state index is 13.8. The molecule has 2 fully saturated rings. The van der Waals surface area contributed by atoms with E-state index in [2.05, 4.69) is 15.2 Å². The zero-order valence-corrected chi connectivity index (χ0v) is 16.6. The number of nitrogens with zero attached hydrogens (tertiary/aromatic N) is 2. The summed E-state index contributed by atoms with van der Waals surface area (Å²) in [7, 11) is 0. The number of anilines is 2. The van der Waals surface area contributed by atoms with Crippen LogP contribution in [0.4, 0.5) is 15.8 Å². The van der Waals surface area contributed by atoms with Gasteiger partial charge >= 0.3 is 0 Å². The van der Waals surface area contributed by atoms with E-state index in [0.717, 1.165) is 54.6 Å². The predicted molar refractivity (Wildman–Crippen MR) is 114 cm³/mol. The molecular formula is C23H21ClFN3O. The number of aromatic nitrogens is 1. The van der Waals surface area contributed by atoms with E-state index in [1.54, 1.807) is 30.5 Å². The van der Waals surface area contributed by atoms with Gasteiger partial charge in [0.2, 0.25) is 5.91 Å². The van der Waals surface area contributed by atoms with Crippen molar-refractivity contribution in [1.82, 2.24) is 4.98 Å². The molecule has 1 spiro atoms. The van der Waals surface area contributed by atoms with Crippen molar-refractivity contribution in [3.05, 3.63) is 65.6 Å². The number of nitrogens with one attached hydrogen (secondary N) is 1. The summed E-state index contributed by atoms with van der Waals surface area (Å²) in [5.74, 6) is -0.0921. The fraction of sp³-hybridized carbons (Fsp3) is 0.304. The van der Waals surface area contributed by atoms with Crippen LogP contribution >= 0.6 is 11.6 Å². The van der Waals surface area contributed by atoms with Gasteiger partial charge in [-0.05, 0) is 73.2 Å². The predicted octanol–water partition coefficient (Wildman–Crippen LogP) is 5.27. The Hall–Kier alpha value is -2.66. The molecule has 1 atom stereocenters. The lowest BCUT2D eigenvalue weighted by atomic mass is 9.90. The fourth-order valence-corrected chi connectivity index (χ4v) is 4.73. The second-order valence-corrected chi connectivity index (χ2v) is 8.53. The van der Waals surface area contributed by atoms with Crippen LogP contribution in [0.2, 0.25) is 5.02 Å². The molecule has 2 aliphatic rings. The third kappa shape index (κ3) is 3.44. The van der Waals surface area contributed by atoms with Crippen molar-refractivity contribution in [3.63, 3.8) is 0 Å². The Morgan fingerprint density at radius 1 is 1.14 bits per heavy atom. The van der Waals surface area contributed by atoms with Gasteiger partial charge < -0.3 is 10.2 Å². The van der Waals surface area contributed by atoms with Crippen LogP contribution in [-0.2, 0) is 4.79 Å². The second-order valence-electron chi connectivity index (χ2n) is 8.09. The summed E-state index contributed by atoms with van der Waals surface area (Å²) in [5.41, 5.74) is 2.70. The molecule has 6 heteroatoms. The van der Waals surface area contributed by atoms with Crippen molar-refractivity contribution in [3.8, 4) is 0 Å². The van der Waals surface area contributed by atoms with Gasteiger partial charge in [-0.25, -0.2) is 4.39 Å². The van der Waals surface area contributed by atoms with Crippen molar-refractivity contribution < 1.29 is 9.18 Å². The highest BCUT2D eigenvalue weighted by Crippen LogP contribution is 2.60. The van der Waals surface area contributed by atoms with Crippen LogP contribution in [0.1, 0.15) is 19.3 Å². The Balaban J connectivity index is 1.26. The summed E-state index contributed by atoms with van der Waals surface area (Å²) in [4.78, 5) is 19.3. The molecule has 1 saturated carbocycles. The van der Waals surface area contributed by atoms with Crippen LogP contribution in [-0.4, -0.2) is 24.0 Å². The standard InChI is InChI=1S/C23H21ClFN3O/c24-15-1-4-17(5-2-15)27-22(29)19-14-23(19)8-11-28(12-9-23)21-7-10-26-20-6-3-16(25)13-18(20)21/h1-7,10,13,19H,8-9,11-12,14H2,(H,27,29). The first kappa shape index (κ1) is 18.4. The smallest absolute Gasteiger partial charge is 0.228 e. The number of rotatable bonds is 3. The zero-order valence-electron chi connectivity index (χ0n) is 15.9. The second kappa shape index (κ2) is 6.99. The maximum atomic E-state index is 13.8. The van der Waals surface area contributed by atoms with Gasteiger partial charge in [-0.1, -0.05) is 11.6 Å². The molecule has 2 heterocycles. The van der Waals surface area contributed by atoms with Crippen LogP contribution in [0.25, 0.3) is 10.9 Å². The minimum atomic E-state index is -0.249. The van der Waals surface area contributed by atoms with E-state index in [9.17, 15) is 9.18 Å².